The lowest BCUT2D eigenvalue weighted by Crippen LogP contribution is -2.30. The Bertz CT molecular complexity index is 982. The van der Waals surface area contributed by atoms with Crippen molar-refractivity contribution in [2.45, 2.75) is 19.6 Å². The third-order valence-electron chi connectivity index (χ3n) is 4.48. The van der Waals surface area contributed by atoms with E-state index in [9.17, 15) is 9.59 Å². The molecule has 7 nitrogen and oxygen atoms in total. The summed E-state index contributed by atoms with van der Waals surface area (Å²) in [6.07, 6.45) is 0.634. The number of ether oxygens (including phenoxy) is 1. The van der Waals surface area contributed by atoms with E-state index in [1.165, 1.54) is 0 Å². The molecule has 1 amide bonds. The zero-order chi connectivity index (χ0) is 21.5. The molecular formula is C23H25N3O4. The maximum atomic E-state index is 12.6. The molecule has 0 spiro atoms. The largest absolute Gasteiger partial charge is 0.467 e. The molecule has 0 radical (unpaired) electrons. The summed E-state index contributed by atoms with van der Waals surface area (Å²) in [5.41, 5.74) is 2.60. The van der Waals surface area contributed by atoms with Gasteiger partial charge in [0.05, 0.1) is 18.4 Å². The summed E-state index contributed by atoms with van der Waals surface area (Å²) in [5, 5.41) is 5.91. The maximum Gasteiger partial charge on any atom is 0.341 e. The smallest absolute Gasteiger partial charge is 0.341 e. The Morgan fingerprint density at radius 1 is 1.03 bits per heavy atom. The van der Waals surface area contributed by atoms with Gasteiger partial charge in [0, 0.05) is 31.2 Å². The van der Waals surface area contributed by atoms with Gasteiger partial charge in [0.2, 0.25) is 0 Å². The number of rotatable bonds is 8. The Morgan fingerprint density at radius 3 is 2.43 bits per heavy atom. The van der Waals surface area contributed by atoms with Crippen molar-refractivity contribution in [3.63, 3.8) is 0 Å². The third kappa shape index (κ3) is 5.41. The molecule has 3 rings (SSSR count). The number of hydrogen-bond donors (Lipinski definition) is 2. The van der Waals surface area contributed by atoms with Gasteiger partial charge < -0.3 is 24.7 Å². The van der Waals surface area contributed by atoms with Crippen molar-refractivity contribution in [2.75, 3.05) is 29.6 Å². The highest BCUT2D eigenvalue weighted by Crippen LogP contribution is 2.19. The lowest BCUT2D eigenvalue weighted by Gasteiger charge is -2.16. The molecule has 30 heavy (non-hydrogen) atoms. The van der Waals surface area contributed by atoms with Crippen LogP contribution in [0.25, 0.3) is 0 Å². The van der Waals surface area contributed by atoms with Gasteiger partial charge >= 0.3 is 5.97 Å². The van der Waals surface area contributed by atoms with Gasteiger partial charge in [0.1, 0.15) is 5.76 Å². The summed E-state index contributed by atoms with van der Waals surface area (Å²) in [7, 11) is 3.88. The number of hydrogen-bond acceptors (Lipinski definition) is 6. The van der Waals surface area contributed by atoms with Crippen molar-refractivity contribution in [1.82, 2.24) is 0 Å². The number of amides is 1. The molecule has 1 unspecified atom stereocenters. The Labute approximate surface area is 175 Å². The van der Waals surface area contributed by atoms with E-state index < -0.39 is 18.0 Å². The normalized spacial score (nSPS) is 11.4. The molecule has 1 aromatic heterocycles. The third-order valence-corrected chi connectivity index (χ3v) is 4.48. The van der Waals surface area contributed by atoms with Gasteiger partial charge in [-0.05, 0) is 55.5 Å². The molecule has 2 aromatic carbocycles. The fourth-order valence-corrected chi connectivity index (χ4v) is 2.78. The first-order valence-corrected chi connectivity index (χ1v) is 9.58. The number of carbonyl (C=O) groups is 2. The number of nitrogens with zero attached hydrogens (tertiary/aromatic N) is 1. The van der Waals surface area contributed by atoms with Crippen molar-refractivity contribution in [3.8, 4) is 0 Å². The van der Waals surface area contributed by atoms with Gasteiger partial charge in [0.25, 0.3) is 5.91 Å². The molecule has 0 saturated heterocycles. The first-order chi connectivity index (χ1) is 14.4. The average Bonchev–Trinajstić information content (AvgIpc) is 3.26. The predicted octanol–water partition coefficient (Wildman–Crippen LogP) is 4.14. The van der Waals surface area contributed by atoms with Crippen LogP contribution in [-0.2, 0) is 16.1 Å². The molecule has 0 aliphatic rings. The second kappa shape index (κ2) is 9.65. The van der Waals surface area contributed by atoms with Crippen LogP contribution in [0.1, 0.15) is 23.0 Å². The number of nitrogens with one attached hydrogen (secondary N) is 2. The molecule has 0 aliphatic heterocycles. The Morgan fingerprint density at radius 2 is 1.77 bits per heavy atom. The van der Waals surface area contributed by atoms with Crippen molar-refractivity contribution in [1.29, 1.82) is 0 Å². The zero-order valence-corrected chi connectivity index (χ0v) is 17.2. The Balaban J connectivity index is 1.60. The minimum absolute atomic E-state index is 0.346. The van der Waals surface area contributed by atoms with Gasteiger partial charge in [-0.3, -0.25) is 4.79 Å². The highest BCUT2D eigenvalue weighted by Gasteiger charge is 2.21. The number of esters is 1. The van der Waals surface area contributed by atoms with Crippen LogP contribution in [0.4, 0.5) is 17.1 Å². The number of furan rings is 1. The molecule has 0 aliphatic carbocycles. The lowest BCUT2D eigenvalue weighted by molar-refractivity contribution is -0.123. The van der Waals surface area contributed by atoms with Crippen LogP contribution in [0.15, 0.2) is 71.3 Å². The van der Waals surface area contributed by atoms with E-state index in [1.54, 1.807) is 49.6 Å². The highest BCUT2D eigenvalue weighted by atomic mass is 16.5. The van der Waals surface area contributed by atoms with E-state index in [0.717, 1.165) is 11.4 Å². The Kier molecular flexibility index (Phi) is 6.75. The summed E-state index contributed by atoms with van der Waals surface area (Å²) >= 11 is 0. The van der Waals surface area contributed by atoms with E-state index in [4.69, 9.17) is 9.15 Å². The first-order valence-electron chi connectivity index (χ1n) is 9.58. The summed E-state index contributed by atoms with van der Waals surface area (Å²) in [5.74, 6) is -0.240. The summed E-state index contributed by atoms with van der Waals surface area (Å²) in [6, 6.07) is 18.0. The van der Waals surface area contributed by atoms with Gasteiger partial charge in [-0.25, -0.2) is 4.79 Å². The Hall–Kier alpha value is -3.74. The van der Waals surface area contributed by atoms with Crippen LogP contribution >= 0.6 is 0 Å². The van der Waals surface area contributed by atoms with Gasteiger partial charge in [-0.15, -0.1) is 0 Å². The number of carbonyl (C=O) groups excluding carboxylic acids is 2. The molecule has 0 bridgehead atoms. The fraction of sp³-hybridized carbons (Fsp3) is 0.217. The molecule has 0 fully saturated rings. The average molecular weight is 407 g/mol. The van der Waals surface area contributed by atoms with E-state index in [1.807, 2.05) is 43.3 Å². The fourth-order valence-electron chi connectivity index (χ4n) is 2.78. The SMILES string of the molecule is CC(OC(=O)c1ccccc1NCc1ccco1)C(=O)Nc1ccc(N(C)C)cc1. The monoisotopic (exact) mass is 407 g/mol. The van der Waals surface area contributed by atoms with Gasteiger partial charge in [-0.1, -0.05) is 12.1 Å². The second-order valence-corrected chi connectivity index (χ2v) is 6.96. The highest BCUT2D eigenvalue weighted by molar-refractivity contribution is 5.99. The van der Waals surface area contributed by atoms with Crippen LogP contribution in [0, 0.1) is 0 Å². The standard InChI is InChI=1S/C23H25N3O4/c1-16(22(27)25-17-10-12-18(13-11-17)26(2)3)30-23(28)20-8-4-5-9-21(20)24-15-19-7-6-14-29-19/h4-14,16,24H,15H2,1-3H3,(H,25,27). The lowest BCUT2D eigenvalue weighted by atomic mass is 10.1. The van der Waals surface area contributed by atoms with Gasteiger partial charge in [-0.2, -0.15) is 0 Å². The molecule has 7 heteroatoms. The molecule has 156 valence electrons. The van der Waals surface area contributed by atoms with Gasteiger partial charge in [0.15, 0.2) is 6.10 Å². The second-order valence-electron chi connectivity index (χ2n) is 6.96. The molecule has 2 N–H and O–H groups in total. The zero-order valence-electron chi connectivity index (χ0n) is 17.2. The van der Waals surface area contributed by atoms with Crippen molar-refractivity contribution in [3.05, 3.63) is 78.3 Å². The predicted molar refractivity (Wildman–Crippen MR) is 117 cm³/mol. The van der Waals surface area contributed by atoms with Crippen LogP contribution in [0.3, 0.4) is 0 Å². The molecule has 1 atom stereocenters. The van der Waals surface area contributed by atoms with Crippen molar-refractivity contribution < 1.29 is 18.7 Å². The van der Waals surface area contributed by atoms with E-state index in [0.29, 0.717) is 23.5 Å². The summed E-state index contributed by atoms with van der Waals surface area (Å²) in [6.45, 7) is 1.97. The topological polar surface area (TPSA) is 83.8 Å². The summed E-state index contributed by atoms with van der Waals surface area (Å²) < 4.78 is 10.7. The maximum absolute atomic E-state index is 12.6. The molecule has 3 aromatic rings. The van der Waals surface area contributed by atoms with Crippen LogP contribution in [0.2, 0.25) is 0 Å². The number of anilines is 3. The number of para-hydroxylation sites is 1. The van der Waals surface area contributed by atoms with E-state index in [2.05, 4.69) is 10.6 Å². The minimum atomic E-state index is -0.954. The molecule has 0 saturated carbocycles. The van der Waals surface area contributed by atoms with E-state index in [-0.39, 0.29) is 0 Å². The van der Waals surface area contributed by atoms with E-state index >= 15 is 0 Å². The minimum Gasteiger partial charge on any atom is -0.467 e. The van der Waals surface area contributed by atoms with Crippen LogP contribution in [-0.4, -0.2) is 32.1 Å². The number of benzene rings is 2. The summed E-state index contributed by atoms with van der Waals surface area (Å²) in [4.78, 5) is 27.0. The quantitative estimate of drug-likeness (QED) is 0.546. The van der Waals surface area contributed by atoms with Crippen molar-refractivity contribution in [2.24, 2.45) is 0 Å². The van der Waals surface area contributed by atoms with Crippen LogP contribution in [0.5, 0.6) is 0 Å². The molecular weight excluding hydrogens is 382 g/mol. The molecule has 1 heterocycles. The van der Waals surface area contributed by atoms with Crippen molar-refractivity contribution >= 4 is 28.9 Å². The first kappa shape index (κ1) is 21.0. The van der Waals surface area contributed by atoms with Crippen LogP contribution < -0.4 is 15.5 Å².